The van der Waals surface area contributed by atoms with Crippen LogP contribution in [-0.4, -0.2) is 21.2 Å². The summed E-state index contributed by atoms with van der Waals surface area (Å²) in [5, 5.41) is 0.894. The van der Waals surface area contributed by atoms with Gasteiger partial charge >= 0.3 is 6.09 Å². The monoisotopic (exact) mass is 296 g/mol. The fourth-order valence-electron chi connectivity index (χ4n) is 1.46. The molecule has 0 unspecified atom stereocenters. The van der Waals surface area contributed by atoms with E-state index in [1.807, 2.05) is 32.9 Å². The van der Waals surface area contributed by atoms with Crippen LogP contribution in [0, 0.1) is 0 Å². The van der Waals surface area contributed by atoms with Crippen molar-refractivity contribution in [3.8, 4) is 0 Å². The summed E-state index contributed by atoms with van der Waals surface area (Å²) in [7, 11) is 0. The summed E-state index contributed by atoms with van der Waals surface area (Å²) < 4.78 is 7.58. The number of hydrogen-bond acceptors (Lipinski definition) is 3. The number of carbonyl (C=O) groups is 1. The van der Waals surface area contributed by atoms with Crippen molar-refractivity contribution in [1.29, 1.82) is 0 Å². The Hall–Kier alpha value is -1.36. The van der Waals surface area contributed by atoms with Gasteiger partial charge in [-0.15, -0.1) is 0 Å². The van der Waals surface area contributed by atoms with Gasteiger partial charge < -0.3 is 4.74 Å². The Balaban J connectivity index is 2.40. The highest BCUT2D eigenvalue weighted by Gasteiger charge is 2.19. The van der Waals surface area contributed by atoms with Crippen LogP contribution in [0.5, 0.6) is 0 Å². The van der Waals surface area contributed by atoms with Gasteiger partial charge in [0.15, 0.2) is 0 Å². The number of rotatable bonds is 0. The zero-order chi connectivity index (χ0) is 12.6. The lowest BCUT2D eigenvalue weighted by Gasteiger charge is -2.19. The van der Waals surface area contributed by atoms with Gasteiger partial charge in [0.2, 0.25) is 0 Å². The number of carbonyl (C=O) groups excluding carboxylic acids is 1. The molecule has 0 radical (unpaired) electrons. The average Bonchev–Trinajstić information content (AvgIpc) is 2.57. The minimum absolute atomic E-state index is 0.415. The number of aromatic nitrogens is 2. The molecule has 0 fully saturated rings. The van der Waals surface area contributed by atoms with Crippen molar-refractivity contribution in [2.24, 2.45) is 0 Å². The first-order valence-corrected chi connectivity index (χ1v) is 6.02. The SMILES string of the molecule is CC(C)(C)OC(=O)n1ccc2cc(Br)cnc21. The van der Waals surface area contributed by atoms with Gasteiger partial charge in [0.05, 0.1) is 0 Å². The number of hydrogen-bond donors (Lipinski definition) is 0. The van der Waals surface area contributed by atoms with Crippen LogP contribution in [0.3, 0.4) is 0 Å². The van der Waals surface area contributed by atoms with E-state index in [0.717, 1.165) is 9.86 Å². The largest absolute Gasteiger partial charge is 0.443 e. The van der Waals surface area contributed by atoms with Crippen LogP contribution in [0.1, 0.15) is 20.8 Å². The summed E-state index contributed by atoms with van der Waals surface area (Å²) in [6, 6.07) is 3.74. The molecule has 0 atom stereocenters. The fraction of sp³-hybridized carbons (Fsp3) is 0.333. The lowest BCUT2D eigenvalue weighted by Crippen LogP contribution is -2.26. The molecule has 2 aromatic rings. The molecule has 0 saturated carbocycles. The van der Waals surface area contributed by atoms with Gasteiger partial charge in [-0.05, 0) is 48.8 Å². The fourth-order valence-corrected chi connectivity index (χ4v) is 1.80. The summed E-state index contributed by atoms with van der Waals surface area (Å²) in [5.74, 6) is 0. The minimum atomic E-state index is -0.511. The Morgan fingerprint density at radius 2 is 2.18 bits per heavy atom. The van der Waals surface area contributed by atoms with E-state index in [0.29, 0.717) is 5.65 Å². The number of pyridine rings is 1. The molecular formula is C12H13BrN2O2. The summed E-state index contributed by atoms with van der Waals surface area (Å²) in [6.45, 7) is 5.50. The number of fused-ring (bicyclic) bond motifs is 1. The first kappa shape index (κ1) is 12.1. The third-order valence-electron chi connectivity index (χ3n) is 2.08. The van der Waals surface area contributed by atoms with Gasteiger partial charge in [0.1, 0.15) is 11.2 Å². The predicted octanol–water partition coefficient (Wildman–Crippen LogP) is 3.58. The third-order valence-corrected chi connectivity index (χ3v) is 2.52. The molecule has 17 heavy (non-hydrogen) atoms. The normalized spacial score (nSPS) is 11.8. The van der Waals surface area contributed by atoms with Crippen molar-refractivity contribution in [2.45, 2.75) is 26.4 Å². The van der Waals surface area contributed by atoms with E-state index in [1.165, 1.54) is 4.57 Å². The molecule has 0 aromatic carbocycles. The zero-order valence-electron chi connectivity index (χ0n) is 9.90. The van der Waals surface area contributed by atoms with E-state index in [-0.39, 0.29) is 0 Å². The molecule has 0 bridgehead atoms. The van der Waals surface area contributed by atoms with Crippen molar-refractivity contribution in [2.75, 3.05) is 0 Å². The van der Waals surface area contributed by atoms with E-state index in [9.17, 15) is 4.79 Å². The van der Waals surface area contributed by atoms with Crippen molar-refractivity contribution in [3.05, 3.63) is 29.0 Å². The Morgan fingerprint density at radius 3 is 2.82 bits per heavy atom. The van der Waals surface area contributed by atoms with Crippen molar-refractivity contribution < 1.29 is 9.53 Å². The number of halogens is 1. The van der Waals surface area contributed by atoms with Crippen LogP contribution in [0.25, 0.3) is 11.0 Å². The molecule has 5 heteroatoms. The average molecular weight is 297 g/mol. The number of nitrogens with zero attached hydrogens (tertiary/aromatic N) is 2. The number of ether oxygens (including phenoxy) is 1. The van der Waals surface area contributed by atoms with Gasteiger partial charge in [-0.3, -0.25) is 0 Å². The van der Waals surface area contributed by atoms with Crippen molar-refractivity contribution in [1.82, 2.24) is 9.55 Å². The molecule has 0 aliphatic heterocycles. The topological polar surface area (TPSA) is 44.1 Å². The highest BCUT2D eigenvalue weighted by molar-refractivity contribution is 9.10. The summed E-state index contributed by atoms with van der Waals surface area (Å²) in [4.78, 5) is 16.1. The van der Waals surface area contributed by atoms with E-state index in [1.54, 1.807) is 12.4 Å². The highest BCUT2D eigenvalue weighted by Crippen LogP contribution is 2.19. The molecule has 0 amide bonds. The van der Waals surface area contributed by atoms with E-state index in [2.05, 4.69) is 20.9 Å². The van der Waals surface area contributed by atoms with Gasteiger partial charge in [-0.2, -0.15) is 0 Å². The molecule has 2 rings (SSSR count). The molecule has 4 nitrogen and oxygen atoms in total. The lowest BCUT2D eigenvalue weighted by atomic mass is 10.2. The molecule has 2 heterocycles. The van der Waals surface area contributed by atoms with Crippen molar-refractivity contribution in [3.63, 3.8) is 0 Å². The van der Waals surface area contributed by atoms with Crippen molar-refractivity contribution >= 4 is 33.1 Å². The second-order valence-corrected chi connectivity index (χ2v) is 5.65. The molecule has 0 saturated heterocycles. The lowest BCUT2D eigenvalue weighted by molar-refractivity contribution is 0.0543. The Bertz CT molecular complexity index is 569. The van der Waals surface area contributed by atoms with E-state index in [4.69, 9.17) is 4.74 Å². The predicted molar refractivity (Wildman–Crippen MR) is 69.1 cm³/mol. The minimum Gasteiger partial charge on any atom is -0.443 e. The second-order valence-electron chi connectivity index (χ2n) is 4.73. The maximum Gasteiger partial charge on any atom is 0.420 e. The van der Waals surface area contributed by atoms with E-state index < -0.39 is 11.7 Å². The van der Waals surface area contributed by atoms with Gasteiger partial charge in [-0.25, -0.2) is 14.3 Å². The highest BCUT2D eigenvalue weighted by atomic mass is 79.9. The molecule has 0 N–H and O–H groups in total. The first-order valence-electron chi connectivity index (χ1n) is 5.23. The smallest absolute Gasteiger partial charge is 0.420 e. The molecule has 2 aromatic heterocycles. The molecule has 0 spiro atoms. The van der Waals surface area contributed by atoms with Crippen LogP contribution < -0.4 is 0 Å². The zero-order valence-corrected chi connectivity index (χ0v) is 11.5. The van der Waals surface area contributed by atoms with Crippen LogP contribution >= 0.6 is 15.9 Å². The van der Waals surface area contributed by atoms with Gasteiger partial charge in [-0.1, -0.05) is 0 Å². The van der Waals surface area contributed by atoms with Crippen LogP contribution in [0.2, 0.25) is 0 Å². The standard InChI is InChI=1S/C12H13BrN2O2/c1-12(2,3)17-11(16)15-5-4-8-6-9(13)7-14-10(8)15/h4-7H,1-3H3. The molecular weight excluding hydrogens is 284 g/mol. The molecule has 90 valence electrons. The van der Waals surface area contributed by atoms with E-state index >= 15 is 0 Å². The van der Waals surface area contributed by atoms with Crippen LogP contribution in [0.15, 0.2) is 29.0 Å². The van der Waals surface area contributed by atoms with Gasteiger partial charge in [0.25, 0.3) is 0 Å². The van der Waals surface area contributed by atoms with Gasteiger partial charge in [0, 0.05) is 22.3 Å². The Labute approximate surface area is 108 Å². The molecule has 0 aliphatic rings. The maximum atomic E-state index is 11.9. The second kappa shape index (κ2) is 4.14. The summed E-state index contributed by atoms with van der Waals surface area (Å²) >= 11 is 3.34. The first-order chi connectivity index (χ1) is 7.87. The maximum absolute atomic E-state index is 11.9. The Kier molecular flexibility index (Phi) is 2.95. The molecule has 0 aliphatic carbocycles. The third kappa shape index (κ3) is 2.66. The summed E-state index contributed by atoms with van der Waals surface area (Å²) in [6.07, 6.45) is 2.91. The summed E-state index contributed by atoms with van der Waals surface area (Å²) in [5.41, 5.74) is 0.0886. The Morgan fingerprint density at radius 1 is 1.47 bits per heavy atom. The quantitative estimate of drug-likeness (QED) is 0.746. The van der Waals surface area contributed by atoms with Crippen LogP contribution in [-0.2, 0) is 4.74 Å². The van der Waals surface area contributed by atoms with Crippen LogP contribution in [0.4, 0.5) is 4.79 Å².